The molecule has 0 unspecified atom stereocenters. The van der Waals surface area contributed by atoms with Gasteiger partial charge in [0, 0.05) is 21.9 Å². The molecule has 2 aromatic carbocycles. The predicted octanol–water partition coefficient (Wildman–Crippen LogP) is 4.80. The minimum absolute atomic E-state index is 0.216. The summed E-state index contributed by atoms with van der Waals surface area (Å²) in [6, 6.07) is 20.9. The molecule has 3 aromatic rings. The smallest absolute Gasteiger partial charge is 0.257 e. The van der Waals surface area contributed by atoms with Crippen LogP contribution in [0.5, 0.6) is 0 Å². The number of benzene rings is 2. The van der Waals surface area contributed by atoms with Crippen molar-refractivity contribution in [2.45, 2.75) is 19.9 Å². The first-order valence-electron chi connectivity index (χ1n) is 9.01. The summed E-state index contributed by atoms with van der Waals surface area (Å²) in [5.74, 6) is 0.157. The van der Waals surface area contributed by atoms with E-state index in [1.807, 2.05) is 66.7 Å². The first-order valence-corrected chi connectivity index (χ1v) is 9.80. The highest BCUT2D eigenvalue weighted by molar-refractivity contribution is 9.10. The Kier molecular flexibility index (Phi) is 6.92. The van der Waals surface area contributed by atoms with Crippen LogP contribution in [0, 0.1) is 0 Å². The number of guanidine groups is 1. The number of nitrogens with one attached hydrogen (secondary N) is 2. The summed E-state index contributed by atoms with van der Waals surface area (Å²) < 4.78 is 0.977. The third-order valence-corrected chi connectivity index (χ3v) is 4.62. The van der Waals surface area contributed by atoms with Gasteiger partial charge in [-0.1, -0.05) is 41.1 Å². The number of anilines is 1. The number of hydrogen-bond acceptors (Lipinski definition) is 3. The number of carbonyl (C=O) groups is 1. The van der Waals surface area contributed by atoms with Crippen LogP contribution in [0.1, 0.15) is 28.5 Å². The summed E-state index contributed by atoms with van der Waals surface area (Å²) in [5.41, 5.74) is 3.41. The molecule has 0 spiro atoms. The van der Waals surface area contributed by atoms with Crippen molar-refractivity contribution in [1.82, 2.24) is 10.3 Å². The van der Waals surface area contributed by atoms with Gasteiger partial charge in [0.05, 0.1) is 12.2 Å². The van der Waals surface area contributed by atoms with Crippen LogP contribution in [0.25, 0.3) is 0 Å². The summed E-state index contributed by atoms with van der Waals surface area (Å²) in [6.45, 7) is 2.44. The molecule has 0 saturated carbocycles. The Morgan fingerprint density at radius 1 is 1.04 bits per heavy atom. The molecule has 142 valence electrons. The lowest BCUT2D eigenvalue weighted by Gasteiger charge is -2.12. The Balaban J connectivity index is 1.77. The van der Waals surface area contributed by atoms with Crippen molar-refractivity contribution in [1.29, 1.82) is 0 Å². The van der Waals surface area contributed by atoms with Crippen LogP contribution in [0.2, 0.25) is 0 Å². The quantitative estimate of drug-likeness (QED) is 0.445. The van der Waals surface area contributed by atoms with Gasteiger partial charge in [-0.25, -0.2) is 4.99 Å². The fourth-order valence-electron chi connectivity index (χ4n) is 2.50. The molecule has 28 heavy (non-hydrogen) atoms. The number of rotatable bonds is 5. The number of nitrogens with zero attached hydrogens (tertiary/aromatic N) is 2. The molecule has 6 heteroatoms. The van der Waals surface area contributed by atoms with Gasteiger partial charge in [0.15, 0.2) is 0 Å². The van der Waals surface area contributed by atoms with E-state index in [0.717, 1.165) is 22.3 Å². The zero-order chi connectivity index (χ0) is 19.8. The van der Waals surface area contributed by atoms with Gasteiger partial charge < -0.3 is 5.32 Å². The second-order valence-corrected chi connectivity index (χ2v) is 7.04. The van der Waals surface area contributed by atoms with E-state index in [1.54, 1.807) is 6.20 Å². The van der Waals surface area contributed by atoms with Crippen molar-refractivity contribution in [3.05, 3.63) is 94.2 Å². The Morgan fingerprint density at radius 2 is 1.79 bits per heavy atom. The maximum atomic E-state index is 12.7. The number of amides is 1. The molecule has 5 nitrogen and oxygen atoms in total. The van der Waals surface area contributed by atoms with Gasteiger partial charge in [0.2, 0.25) is 5.96 Å². The van der Waals surface area contributed by atoms with E-state index in [9.17, 15) is 4.79 Å². The Morgan fingerprint density at radius 3 is 2.43 bits per heavy atom. The molecule has 2 N–H and O–H groups in total. The Labute approximate surface area is 173 Å². The fraction of sp³-hybridized carbons (Fsp3) is 0.136. The van der Waals surface area contributed by atoms with E-state index in [-0.39, 0.29) is 5.91 Å². The van der Waals surface area contributed by atoms with Crippen LogP contribution in [0.3, 0.4) is 0 Å². The normalized spacial score (nSPS) is 11.1. The Bertz CT molecular complexity index is 939. The maximum absolute atomic E-state index is 12.7. The highest BCUT2D eigenvalue weighted by Gasteiger charge is 2.10. The minimum Gasteiger partial charge on any atom is -0.326 e. The van der Waals surface area contributed by atoms with Gasteiger partial charge in [0.1, 0.15) is 0 Å². The lowest BCUT2D eigenvalue weighted by atomic mass is 10.1. The van der Waals surface area contributed by atoms with E-state index in [1.165, 1.54) is 5.56 Å². The molecule has 0 aliphatic carbocycles. The second-order valence-electron chi connectivity index (χ2n) is 6.12. The molecule has 1 aromatic heterocycles. The molecule has 0 bridgehead atoms. The average Bonchev–Trinajstić information content (AvgIpc) is 2.74. The number of aliphatic imine (C=N–C) groups is 1. The third-order valence-electron chi connectivity index (χ3n) is 4.09. The number of aryl methyl sites for hydroxylation is 1. The standard InChI is InChI=1S/C22H21BrN4O/c1-2-16-6-8-17(9-7-16)21(28)27-22(25-15-20-5-3-4-14-24-20)26-19-12-10-18(23)11-13-19/h3-14H,2,15H2,1H3,(H2,25,26,27,28). The van der Waals surface area contributed by atoms with Gasteiger partial charge in [-0.3, -0.25) is 15.1 Å². The van der Waals surface area contributed by atoms with Crippen LogP contribution in [0.15, 0.2) is 82.4 Å². The molecular weight excluding hydrogens is 416 g/mol. The van der Waals surface area contributed by atoms with Crippen LogP contribution in [-0.2, 0) is 13.0 Å². The molecule has 0 aliphatic rings. The van der Waals surface area contributed by atoms with Crippen molar-refractivity contribution in [3.8, 4) is 0 Å². The summed E-state index contributed by atoms with van der Waals surface area (Å²) in [6.07, 6.45) is 2.66. The first-order chi connectivity index (χ1) is 13.6. The number of hydrogen-bond donors (Lipinski definition) is 2. The largest absolute Gasteiger partial charge is 0.326 e. The maximum Gasteiger partial charge on any atom is 0.257 e. The highest BCUT2D eigenvalue weighted by atomic mass is 79.9. The first kappa shape index (κ1) is 19.8. The van der Waals surface area contributed by atoms with E-state index < -0.39 is 0 Å². The zero-order valence-electron chi connectivity index (χ0n) is 15.5. The van der Waals surface area contributed by atoms with Gasteiger partial charge in [0.25, 0.3) is 5.91 Å². The van der Waals surface area contributed by atoms with Crippen LogP contribution >= 0.6 is 15.9 Å². The van der Waals surface area contributed by atoms with E-state index in [0.29, 0.717) is 18.1 Å². The van der Waals surface area contributed by atoms with Crippen LogP contribution in [0.4, 0.5) is 5.69 Å². The monoisotopic (exact) mass is 436 g/mol. The molecule has 0 radical (unpaired) electrons. The summed E-state index contributed by atoms with van der Waals surface area (Å²) in [4.78, 5) is 21.4. The van der Waals surface area contributed by atoms with Crippen molar-refractivity contribution in [3.63, 3.8) is 0 Å². The fourth-order valence-corrected chi connectivity index (χ4v) is 2.77. The number of pyridine rings is 1. The number of halogens is 1. The summed E-state index contributed by atoms with van der Waals surface area (Å²) in [5, 5.41) is 6.03. The van der Waals surface area contributed by atoms with Crippen molar-refractivity contribution >= 4 is 33.5 Å². The molecule has 0 atom stereocenters. The second kappa shape index (κ2) is 9.80. The number of carbonyl (C=O) groups excluding carboxylic acids is 1. The third kappa shape index (κ3) is 5.76. The minimum atomic E-state index is -0.216. The van der Waals surface area contributed by atoms with Crippen LogP contribution in [-0.4, -0.2) is 16.9 Å². The van der Waals surface area contributed by atoms with Gasteiger partial charge >= 0.3 is 0 Å². The predicted molar refractivity (Wildman–Crippen MR) is 116 cm³/mol. The molecule has 1 amide bonds. The lowest BCUT2D eigenvalue weighted by molar-refractivity contribution is 0.0977. The topological polar surface area (TPSA) is 66.4 Å². The lowest BCUT2D eigenvalue weighted by Crippen LogP contribution is -2.36. The van der Waals surface area contributed by atoms with Crippen molar-refractivity contribution in [2.24, 2.45) is 4.99 Å². The van der Waals surface area contributed by atoms with E-state index >= 15 is 0 Å². The summed E-state index contributed by atoms with van der Waals surface area (Å²) in [7, 11) is 0. The molecule has 0 saturated heterocycles. The van der Waals surface area contributed by atoms with Crippen molar-refractivity contribution in [2.75, 3.05) is 5.32 Å². The van der Waals surface area contributed by atoms with E-state index in [4.69, 9.17) is 0 Å². The Hall–Kier alpha value is -2.99. The van der Waals surface area contributed by atoms with Gasteiger partial charge in [-0.05, 0) is 60.5 Å². The van der Waals surface area contributed by atoms with Gasteiger partial charge in [-0.15, -0.1) is 0 Å². The molecule has 3 rings (SSSR count). The molecule has 0 fully saturated rings. The highest BCUT2D eigenvalue weighted by Crippen LogP contribution is 2.14. The summed E-state index contributed by atoms with van der Waals surface area (Å²) >= 11 is 3.42. The molecular formula is C22H21BrN4O. The molecule has 1 heterocycles. The molecule has 0 aliphatic heterocycles. The van der Waals surface area contributed by atoms with Gasteiger partial charge in [-0.2, -0.15) is 0 Å². The number of aromatic nitrogens is 1. The SMILES string of the molecule is CCc1ccc(C(=O)NC(=NCc2ccccn2)Nc2ccc(Br)cc2)cc1. The zero-order valence-corrected chi connectivity index (χ0v) is 17.1. The average molecular weight is 437 g/mol. The van der Waals surface area contributed by atoms with Crippen molar-refractivity contribution < 1.29 is 4.79 Å². The van der Waals surface area contributed by atoms with E-state index in [2.05, 4.69) is 43.5 Å². The van der Waals surface area contributed by atoms with Crippen LogP contribution < -0.4 is 10.6 Å².